The maximum absolute atomic E-state index is 6.12. The van der Waals surface area contributed by atoms with Gasteiger partial charge in [-0.05, 0) is 38.0 Å². The first-order chi connectivity index (χ1) is 9.02. The Balaban J connectivity index is 2.40. The second-order valence-corrected chi connectivity index (χ2v) is 4.95. The van der Waals surface area contributed by atoms with Gasteiger partial charge < -0.3 is 4.90 Å². The summed E-state index contributed by atoms with van der Waals surface area (Å²) < 4.78 is 0. The van der Waals surface area contributed by atoms with E-state index >= 15 is 0 Å². The number of nitrogens with zero attached hydrogens (tertiary/aromatic N) is 3. The second kappa shape index (κ2) is 5.57. The molecule has 0 aliphatic rings. The van der Waals surface area contributed by atoms with Crippen molar-refractivity contribution >= 4 is 23.1 Å². The van der Waals surface area contributed by atoms with E-state index in [2.05, 4.69) is 41.2 Å². The van der Waals surface area contributed by atoms with Gasteiger partial charge >= 0.3 is 0 Å². The van der Waals surface area contributed by atoms with Crippen LogP contribution in [0.1, 0.15) is 23.9 Å². The highest BCUT2D eigenvalue weighted by atomic mass is 35.5. The molecular weight excluding hydrogens is 258 g/mol. The summed E-state index contributed by atoms with van der Waals surface area (Å²) in [7, 11) is 1.99. The minimum Gasteiger partial charge on any atom is -0.329 e. The van der Waals surface area contributed by atoms with Crippen molar-refractivity contribution in [3.8, 4) is 0 Å². The summed E-state index contributed by atoms with van der Waals surface area (Å²) >= 11 is 6.12. The van der Waals surface area contributed by atoms with Crippen molar-refractivity contribution in [3.63, 3.8) is 0 Å². The van der Waals surface area contributed by atoms with Crippen LogP contribution in [-0.2, 0) is 6.42 Å². The Morgan fingerprint density at radius 3 is 2.32 bits per heavy atom. The minimum atomic E-state index is 0.513. The number of halogens is 1. The van der Waals surface area contributed by atoms with Gasteiger partial charge in [0.15, 0.2) is 0 Å². The minimum absolute atomic E-state index is 0.513. The number of rotatable bonds is 3. The zero-order chi connectivity index (χ0) is 14.0. The summed E-state index contributed by atoms with van der Waals surface area (Å²) in [4.78, 5) is 10.7. The quantitative estimate of drug-likeness (QED) is 0.791. The molecule has 0 unspecified atom stereocenters. The SMILES string of the molecule is CCc1ccc(N(C)c2nc(C)nc(Cl)c2C)cc1. The Hall–Kier alpha value is -1.61. The predicted molar refractivity (Wildman–Crippen MR) is 80.4 cm³/mol. The lowest BCUT2D eigenvalue weighted by Crippen LogP contribution is -2.14. The molecule has 0 aliphatic carbocycles. The number of benzene rings is 1. The van der Waals surface area contributed by atoms with E-state index in [1.165, 1.54) is 5.56 Å². The van der Waals surface area contributed by atoms with E-state index < -0.39 is 0 Å². The largest absolute Gasteiger partial charge is 0.329 e. The topological polar surface area (TPSA) is 29.0 Å². The summed E-state index contributed by atoms with van der Waals surface area (Å²) in [6.45, 7) is 5.94. The number of anilines is 2. The van der Waals surface area contributed by atoms with Gasteiger partial charge in [0.2, 0.25) is 0 Å². The molecule has 100 valence electrons. The maximum Gasteiger partial charge on any atom is 0.140 e. The average molecular weight is 276 g/mol. The fourth-order valence-corrected chi connectivity index (χ4v) is 2.19. The monoisotopic (exact) mass is 275 g/mol. The molecule has 0 atom stereocenters. The fraction of sp³-hybridized carbons (Fsp3) is 0.333. The summed E-state index contributed by atoms with van der Waals surface area (Å²) in [5.41, 5.74) is 3.31. The third-order valence-corrected chi connectivity index (χ3v) is 3.59. The van der Waals surface area contributed by atoms with Crippen LogP contribution >= 0.6 is 11.6 Å². The highest BCUT2D eigenvalue weighted by Gasteiger charge is 2.13. The molecule has 1 aromatic heterocycles. The number of hydrogen-bond acceptors (Lipinski definition) is 3. The van der Waals surface area contributed by atoms with E-state index in [9.17, 15) is 0 Å². The number of hydrogen-bond donors (Lipinski definition) is 0. The fourth-order valence-electron chi connectivity index (χ4n) is 1.98. The number of aryl methyl sites for hydroxylation is 2. The van der Waals surface area contributed by atoms with Gasteiger partial charge in [0.1, 0.15) is 16.8 Å². The first-order valence-electron chi connectivity index (χ1n) is 6.36. The van der Waals surface area contributed by atoms with Crippen LogP contribution < -0.4 is 4.90 Å². The summed E-state index contributed by atoms with van der Waals surface area (Å²) in [5, 5.41) is 0.513. The van der Waals surface area contributed by atoms with Gasteiger partial charge in [0, 0.05) is 18.3 Å². The van der Waals surface area contributed by atoms with Crippen molar-refractivity contribution in [2.45, 2.75) is 27.2 Å². The molecule has 0 fully saturated rings. The lowest BCUT2D eigenvalue weighted by atomic mass is 10.1. The molecule has 3 nitrogen and oxygen atoms in total. The molecule has 1 aromatic carbocycles. The molecule has 4 heteroatoms. The zero-order valence-corrected chi connectivity index (χ0v) is 12.5. The van der Waals surface area contributed by atoms with Crippen LogP contribution in [0.15, 0.2) is 24.3 Å². The molecule has 0 amide bonds. The van der Waals surface area contributed by atoms with Crippen molar-refractivity contribution in [1.82, 2.24) is 9.97 Å². The molecule has 0 saturated carbocycles. The van der Waals surface area contributed by atoms with Crippen LogP contribution in [0.25, 0.3) is 0 Å². The molecule has 0 spiro atoms. The van der Waals surface area contributed by atoms with Crippen LogP contribution in [0, 0.1) is 13.8 Å². The highest BCUT2D eigenvalue weighted by Crippen LogP contribution is 2.28. The Bertz CT molecular complexity index is 579. The molecule has 2 rings (SSSR count). The van der Waals surface area contributed by atoms with Crippen molar-refractivity contribution < 1.29 is 0 Å². The highest BCUT2D eigenvalue weighted by molar-refractivity contribution is 6.30. The Kier molecular flexibility index (Phi) is 4.05. The van der Waals surface area contributed by atoms with Gasteiger partial charge in [-0.1, -0.05) is 30.7 Å². The third-order valence-electron chi connectivity index (χ3n) is 3.22. The molecular formula is C15H18ClN3. The zero-order valence-electron chi connectivity index (χ0n) is 11.7. The van der Waals surface area contributed by atoms with Crippen molar-refractivity contribution in [2.75, 3.05) is 11.9 Å². The van der Waals surface area contributed by atoms with E-state index in [1.54, 1.807) is 0 Å². The van der Waals surface area contributed by atoms with E-state index in [0.717, 1.165) is 23.5 Å². The predicted octanol–water partition coefficient (Wildman–Crippen LogP) is 4.08. The Labute approximate surface area is 119 Å². The second-order valence-electron chi connectivity index (χ2n) is 4.59. The molecule has 1 heterocycles. The molecule has 19 heavy (non-hydrogen) atoms. The van der Waals surface area contributed by atoms with Crippen LogP contribution in [0.4, 0.5) is 11.5 Å². The standard InChI is InChI=1S/C15H18ClN3/c1-5-12-6-8-13(9-7-12)19(4)15-10(2)14(16)17-11(3)18-15/h6-9H,5H2,1-4H3. The van der Waals surface area contributed by atoms with Gasteiger partial charge in [-0.2, -0.15) is 0 Å². The maximum atomic E-state index is 6.12. The van der Waals surface area contributed by atoms with E-state index in [4.69, 9.17) is 11.6 Å². The number of aromatic nitrogens is 2. The van der Waals surface area contributed by atoms with Gasteiger partial charge in [0.25, 0.3) is 0 Å². The third kappa shape index (κ3) is 2.87. The van der Waals surface area contributed by atoms with Gasteiger partial charge in [-0.3, -0.25) is 0 Å². The molecule has 0 bridgehead atoms. The van der Waals surface area contributed by atoms with Crippen molar-refractivity contribution in [1.29, 1.82) is 0 Å². The van der Waals surface area contributed by atoms with Gasteiger partial charge in [-0.25, -0.2) is 9.97 Å². The van der Waals surface area contributed by atoms with E-state index in [-0.39, 0.29) is 0 Å². The Morgan fingerprint density at radius 2 is 1.74 bits per heavy atom. The lowest BCUT2D eigenvalue weighted by Gasteiger charge is -2.21. The molecule has 2 aromatic rings. The van der Waals surface area contributed by atoms with Crippen LogP contribution in [0.5, 0.6) is 0 Å². The molecule has 0 radical (unpaired) electrons. The van der Waals surface area contributed by atoms with Crippen molar-refractivity contribution in [3.05, 3.63) is 46.4 Å². The average Bonchev–Trinajstić information content (AvgIpc) is 2.42. The molecule has 0 aliphatic heterocycles. The lowest BCUT2D eigenvalue weighted by molar-refractivity contribution is 0.991. The normalized spacial score (nSPS) is 10.6. The first kappa shape index (κ1) is 13.8. The van der Waals surface area contributed by atoms with Gasteiger partial charge in [0.05, 0.1) is 0 Å². The smallest absolute Gasteiger partial charge is 0.140 e. The Morgan fingerprint density at radius 1 is 1.11 bits per heavy atom. The summed E-state index contributed by atoms with van der Waals surface area (Å²) in [6.07, 6.45) is 1.04. The summed E-state index contributed by atoms with van der Waals surface area (Å²) in [6, 6.07) is 8.47. The van der Waals surface area contributed by atoms with Gasteiger partial charge in [-0.15, -0.1) is 0 Å². The first-order valence-corrected chi connectivity index (χ1v) is 6.74. The van der Waals surface area contributed by atoms with E-state index in [1.807, 2.05) is 25.8 Å². The molecule has 0 N–H and O–H groups in total. The summed E-state index contributed by atoms with van der Waals surface area (Å²) in [5.74, 6) is 1.53. The van der Waals surface area contributed by atoms with Crippen molar-refractivity contribution in [2.24, 2.45) is 0 Å². The van der Waals surface area contributed by atoms with Crippen LogP contribution in [-0.4, -0.2) is 17.0 Å². The van der Waals surface area contributed by atoms with Crippen LogP contribution in [0.2, 0.25) is 5.15 Å². The van der Waals surface area contributed by atoms with E-state index in [0.29, 0.717) is 11.0 Å². The van der Waals surface area contributed by atoms with Crippen LogP contribution in [0.3, 0.4) is 0 Å². The molecule has 0 saturated heterocycles.